The molecule has 0 aliphatic carbocycles. The Labute approximate surface area is 194 Å². The molecular weight excluding hydrogens is 410 g/mol. The highest BCUT2D eigenvalue weighted by atomic mass is 16.4. The number of allylic oxidation sites excluding steroid dienone is 1. The van der Waals surface area contributed by atoms with E-state index >= 15 is 0 Å². The maximum atomic E-state index is 11.1. The van der Waals surface area contributed by atoms with Crippen LogP contribution in [0.3, 0.4) is 0 Å². The fourth-order valence-corrected chi connectivity index (χ4v) is 4.17. The van der Waals surface area contributed by atoms with Gasteiger partial charge in [0.05, 0.1) is 39.0 Å². The van der Waals surface area contributed by atoms with E-state index in [1.165, 1.54) is 57.8 Å². The van der Waals surface area contributed by atoms with Gasteiger partial charge in [-0.15, -0.1) is 6.58 Å². The Morgan fingerprint density at radius 2 is 1.00 bits per heavy atom. The molecule has 0 saturated carbocycles. The molecule has 0 aliphatic heterocycles. The van der Waals surface area contributed by atoms with E-state index in [2.05, 4.69) is 6.58 Å². The number of unbranched alkanes of at least 4 members (excludes halogenated alkanes) is 12. The lowest BCUT2D eigenvalue weighted by molar-refractivity contribution is -0.927. The van der Waals surface area contributed by atoms with Crippen LogP contribution in [0.5, 0.6) is 0 Å². The zero-order valence-corrected chi connectivity index (χ0v) is 19.9. The second kappa shape index (κ2) is 19.8. The first-order valence-corrected chi connectivity index (χ1v) is 12.4. The number of carboxylic acids is 3. The minimum absolute atomic E-state index is 0.0963. The van der Waals surface area contributed by atoms with Gasteiger partial charge in [0, 0.05) is 12.4 Å². The van der Waals surface area contributed by atoms with E-state index < -0.39 is 17.9 Å². The number of hydrogen-bond acceptors (Lipinski definition) is 4. The maximum absolute atomic E-state index is 11.1. The fraction of sp³-hybridized carbons (Fsp3) is 0.800. The van der Waals surface area contributed by atoms with Crippen molar-refractivity contribution in [3.05, 3.63) is 12.7 Å². The van der Waals surface area contributed by atoms with Crippen molar-refractivity contribution in [2.45, 2.75) is 103 Å². The average molecular weight is 456 g/mol. The number of aliphatic carboxylic acids is 3. The molecule has 0 aromatic rings. The molecule has 186 valence electrons. The molecule has 0 aromatic heterocycles. The van der Waals surface area contributed by atoms with Crippen LogP contribution in [-0.2, 0) is 14.4 Å². The quantitative estimate of drug-likeness (QED) is 0.128. The van der Waals surface area contributed by atoms with E-state index in [0.717, 1.165) is 25.7 Å². The van der Waals surface area contributed by atoms with E-state index in [-0.39, 0.29) is 43.4 Å². The van der Waals surface area contributed by atoms with Crippen LogP contribution in [0.15, 0.2) is 12.7 Å². The SMILES string of the molecule is C=CCCCCCCCCCCCCCC[N+](CCC(=O)[O-])(CCC(=O)O)CCC(=O)O. The van der Waals surface area contributed by atoms with E-state index in [1.807, 2.05) is 6.08 Å². The molecule has 0 heterocycles. The van der Waals surface area contributed by atoms with Gasteiger partial charge in [-0.2, -0.15) is 0 Å². The van der Waals surface area contributed by atoms with Crippen LogP contribution in [0.25, 0.3) is 0 Å². The first-order valence-electron chi connectivity index (χ1n) is 12.4. The van der Waals surface area contributed by atoms with Crippen LogP contribution in [0.1, 0.15) is 103 Å². The van der Waals surface area contributed by atoms with Crippen LogP contribution in [0.2, 0.25) is 0 Å². The van der Waals surface area contributed by atoms with Gasteiger partial charge in [0.1, 0.15) is 0 Å². The number of nitrogens with zero attached hydrogens (tertiary/aromatic N) is 1. The Kier molecular flexibility index (Phi) is 18.6. The standard InChI is InChI=1S/C25H45NO6/c1-2-3-4-5-6-7-8-9-10-11-12-13-14-15-19-26(20-16-23(27)28,21-17-24(29)30)22-18-25(31)32/h2H,1,3-22H2,(H2-,27,28,29,30,31,32). The number of carbonyl (C=O) groups is 3. The topological polar surface area (TPSA) is 115 Å². The summed E-state index contributed by atoms with van der Waals surface area (Å²) in [4.78, 5) is 33.1. The van der Waals surface area contributed by atoms with E-state index in [4.69, 9.17) is 10.2 Å². The summed E-state index contributed by atoms with van der Waals surface area (Å²) in [6.45, 7) is 5.08. The third-order valence-corrected chi connectivity index (χ3v) is 6.18. The Hall–Kier alpha value is -1.89. The maximum Gasteiger partial charge on any atom is 0.309 e. The summed E-state index contributed by atoms with van der Waals surface area (Å²) in [7, 11) is 0. The molecule has 0 unspecified atom stereocenters. The molecule has 7 heteroatoms. The lowest BCUT2D eigenvalue weighted by atomic mass is 10.0. The van der Waals surface area contributed by atoms with Gasteiger partial charge < -0.3 is 24.6 Å². The minimum Gasteiger partial charge on any atom is -0.550 e. The average Bonchev–Trinajstić information content (AvgIpc) is 2.74. The Balaban J connectivity index is 4.16. The highest BCUT2D eigenvalue weighted by Gasteiger charge is 2.28. The summed E-state index contributed by atoms with van der Waals surface area (Å²) < 4.78 is 0.222. The highest BCUT2D eigenvalue weighted by Crippen LogP contribution is 2.17. The molecule has 0 saturated heterocycles. The molecule has 2 N–H and O–H groups in total. The Morgan fingerprint density at radius 3 is 1.38 bits per heavy atom. The van der Waals surface area contributed by atoms with Crippen LogP contribution in [0, 0.1) is 0 Å². The monoisotopic (exact) mass is 455 g/mol. The van der Waals surface area contributed by atoms with Crippen LogP contribution in [0.4, 0.5) is 0 Å². The number of hydrogen-bond donors (Lipinski definition) is 2. The van der Waals surface area contributed by atoms with Gasteiger partial charge in [0.25, 0.3) is 0 Å². The third-order valence-electron chi connectivity index (χ3n) is 6.18. The van der Waals surface area contributed by atoms with Gasteiger partial charge in [-0.05, 0) is 25.7 Å². The van der Waals surface area contributed by atoms with E-state index in [0.29, 0.717) is 6.54 Å². The van der Waals surface area contributed by atoms with Gasteiger partial charge in [0.2, 0.25) is 0 Å². The van der Waals surface area contributed by atoms with Crippen molar-refractivity contribution in [2.24, 2.45) is 0 Å². The summed E-state index contributed by atoms with van der Waals surface area (Å²) >= 11 is 0. The van der Waals surface area contributed by atoms with Crippen LogP contribution < -0.4 is 5.11 Å². The molecule has 0 atom stereocenters. The lowest BCUT2D eigenvalue weighted by Crippen LogP contribution is -2.53. The Morgan fingerprint density at radius 1 is 0.625 bits per heavy atom. The fourth-order valence-electron chi connectivity index (χ4n) is 4.17. The second-order valence-corrected chi connectivity index (χ2v) is 8.97. The van der Waals surface area contributed by atoms with Crippen molar-refractivity contribution in [2.75, 3.05) is 26.2 Å². The summed E-state index contributed by atoms with van der Waals surface area (Å²) in [5.74, 6) is -3.09. The highest BCUT2D eigenvalue weighted by molar-refractivity contribution is 5.67. The minimum atomic E-state index is -1.19. The zero-order chi connectivity index (χ0) is 24.1. The van der Waals surface area contributed by atoms with Crippen LogP contribution in [-0.4, -0.2) is 58.8 Å². The van der Waals surface area contributed by atoms with Crippen molar-refractivity contribution < 1.29 is 34.2 Å². The third kappa shape index (κ3) is 18.8. The van der Waals surface area contributed by atoms with Crippen molar-refractivity contribution in [1.82, 2.24) is 0 Å². The molecule has 32 heavy (non-hydrogen) atoms. The molecule has 0 radical (unpaired) electrons. The van der Waals surface area contributed by atoms with Gasteiger partial charge in [-0.1, -0.05) is 63.9 Å². The molecule has 0 aliphatic rings. The van der Waals surface area contributed by atoms with Gasteiger partial charge >= 0.3 is 11.9 Å². The van der Waals surface area contributed by atoms with E-state index in [9.17, 15) is 19.5 Å². The predicted octanol–water partition coefficient (Wildman–Crippen LogP) is 4.15. The van der Waals surface area contributed by atoms with Gasteiger partial charge in [0.15, 0.2) is 0 Å². The molecule has 0 fully saturated rings. The smallest absolute Gasteiger partial charge is 0.309 e. The molecule has 0 rings (SSSR count). The van der Waals surface area contributed by atoms with Crippen molar-refractivity contribution in [3.8, 4) is 0 Å². The number of carbonyl (C=O) groups excluding carboxylic acids is 1. The number of rotatable bonds is 24. The Bertz CT molecular complexity index is 489. The van der Waals surface area contributed by atoms with Crippen molar-refractivity contribution in [1.29, 1.82) is 0 Å². The molecule has 0 aromatic carbocycles. The second-order valence-electron chi connectivity index (χ2n) is 8.97. The summed E-state index contributed by atoms with van der Waals surface area (Å²) in [5.41, 5.74) is 0. The summed E-state index contributed by atoms with van der Waals surface area (Å²) in [6.07, 6.45) is 17.1. The molecule has 0 spiro atoms. The largest absolute Gasteiger partial charge is 0.550 e. The lowest BCUT2D eigenvalue weighted by Gasteiger charge is -2.38. The predicted molar refractivity (Wildman–Crippen MR) is 124 cm³/mol. The summed E-state index contributed by atoms with van der Waals surface area (Å²) in [5, 5.41) is 29.1. The molecule has 7 nitrogen and oxygen atoms in total. The molecule has 0 amide bonds. The first kappa shape index (κ1) is 30.1. The summed E-state index contributed by atoms with van der Waals surface area (Å²) in [6, 6.07) is 0. The zero-order valence-electron chi connectivity index (χ0n) is 19.9. The van der Waals surface area contributed by atoms with Crippen molar-refractivity contribution >= 4 is 17.9 Å². The van der Waals surface area contributed by atoms with E-state index in [1.54, 1.807) is 0 Å². The van der Waals surface area contributed by atoms with Gasteiger partial charge in [-0.3, -0.25) is 9.59 Å². The van der Waals surface area contributed by atoms with Gasteiger partial charge in [-0.25, -0.2) is 0 Å². The normalized spacial score (nSPS) is 11.4. The first-order chi connectivity index (χ1) is 15.3. The molecular formula is C25H45NO6. The van der Waals surface area contributed by atoms with Crippen molar-refractivity contribution in [3.63, 3.8) is 0 Å². The number of quaternary nitrogens is 1. The number of carboxylic acid groups (broad SMARTS) is 3. The molecule has 0 bridgehead atoms. The van der Waals surface area contributed by atoms with Crippen LogP contribution >= 0.6 is 0 Å².